The molecule has 2 aliphatic rings. The first-order valence-corrected chi connectivity index (χ1v) is 10.2. The fourth-order valence-electron chi connectivity index (χ4n) is 4.79. The van der Waals surface area contributed by atoms with Crippen molar-refractivity contribution in [3.63, 3.8) is 0 Å². The summed E-state index contributed by atoms with van der Waals surface area (Å²) in [5.41, 5.74) is 1.94. The fraction of sp³-hybridized carbons (Fsp3) is 0.476. The Balaban J connectivity index is 1.44. The molecule has 5 rings (SSSR count). The van der Waals surface area contributed by atoms with E-state index in [0.717, 1.165) is 34.1 Å². The van der Waals surface area contributed by atoms with Crippen molar-refractivity contribution in [3.05, 3.63) is 36.2 Å². The normalized spacial score (nSPS) is 25.0. The Bertz CT molecular complexity index is 968. The molecule has 5 heterocycles. The van der Waals surface area contributed by atoms with Gasteiger partial charge in [0.25, 0.3) is 0 Å². The number of anilines is 3. The molecule has 3 aromatic rings. The first kappa shape index (κ1) is 17.4. The number of hydrogen-bond donors (Lipinski definition) is 3. The van der Waals surface area contributed by atoms with Gasteiger partial charge in [-0.15, -0.1) is 0 Å². The predicted molar refractivity (Wildman–Crippen MR) is 112 cm³/mol. The molecule has 0 aliphatic carbocycles. The van der Waals surface area contributed by atoms with Crippen LogP contribution in [0.1, 0.15) is 37.8 Å². The van der Waals surface area contributed by atoms with E-state index in [9.17, 15) is 0 Å². The van der Waals surface area contributed by atoms with Gasteiger partial charge in [0.05, 0.1) is 5.52 Å². The zero-order valence-electron chi connectivity index (χ0n) is 16.4. The van der Waals surface area contributed by atoms with Crippen molar-refractivity contribution in [3.8, 4) is 0 Å². The van der Waals surface area contributed by atoms with Gasteiger partial charge in [0, 0.05) is 47.5 Å². The van der Waals surface area contributed by atoms with Gasteiger partial charge in [0.2, 0.25) is 0 Å². The second kappa shape index (κ2) is 7.05. The second-order valence-corrected chi connectivity index (χ2v) is 8.20. The van der Waals surface area contributed by atoms with E-state index in [1.807, 2.05) is 31.3 Å². The van der Waals surface area contributed by atoms with Crippen LogP contribution in [0.2, 0.25) is 0 Å². The van der Waals surface area contributed by atoms with Crippen LogP contribution >= 0.6 is 0 Å². The van der Waals surface area contributed by atoms with Gasteiger partial charge in [-0.25, -0.2) is 4.98 Å². The Morgan fingerprint density at radius 1 is 1.14 bits per heavy atom. The summed E-state index contributed by atoms with van der Waals surface area (Å²) in [6.07, 6.45) is 8.15. The minimum Gasteiger partial charge on any atom is -0.367 e. The Morgan fingerprint density at radius 2 is 1.96 bits per heavy atom. The SMILES string of the molecule is Cc1cc(Nc2cc3ncccc3c(N[C@@H]3C[C@H]4CCC[C@@H](C3)N4C)n2)n[nH]1. The number of hydrogen-bond acceptors (Lipinski definition) is 6. The molecule has 7 nitrogen and oxygen atoms in total. The molecule has 2 bridgehead atoms. The van der Waals surface area contributed by atoms with Crippen LogP contribution in [0.3, 0.4) is 0 Å². The Morgan fingerprint density at radius 3 is 2.71 bits per heavy atom. The zero-order chi connectivity index (χ0) is 19.1. The first-order valence-electron chi connectivity index (χ1n) is 10.2. The molecule has 3 atom stereocenters. The molecular formula is C21H27N7. The number of piperidine rings is 2. The standard InChI is InChI=1S/C21H27N7/c1-13-9-20(27-26-13)24-19-12-18-17(7-4-8-22-18)21(25-19)23-14-10-15-5-3-6-16(11-14)28(15)2/h4,7-9,12,14-16H,3,5-6,10-11H2,1-2H3,(H3,23,24,25,26,27)/t14-,15-,16+. The summed E-state index contributed by atoms with van der Waals surface area (Å²) in [7, 11) is 2.29. The molecule has 0 radical (unpaired) electrons. The highest BCUT2D eigenvalue weighted by Gasteiger charge is 2.36. The van der Waals surface area contributed by atoms with Gasteiger partial charge >= 0.3 is 0 Å². The molecule has 3 aromatic heterocycles. The number of aryl methyl sites for hydroxylation is 1. The lowest BCUT2D eigenvalue weighted by molar-refractivity contribution is 0.0608. The van der Waals surface area contributed by atoms with Crippen molar-refractivity contribution in [2.24, 2.45) is 0 Å². The van der Waals surface area contributed by atoms with Crippen LogP contribution in [0.25, 0.3) is 10.9 Å². The van der Waals surface area contributed by atoms with E-state index in [1.165, 1.54) is 32.1 Å². The highest BCUT2D eigenvalue weighted by Crippen LogP contribution is 2.35. The van der Waals surface area contributed by atoms with Gasteiger partial charge in [-0.1, -0.05) is 6.42 Å². The molecule has 2 saturated heterocycles. The molecule has 0 amide bonds. The Labute approximate surface area is 165 Å². The number of H-pyrrole nitrogens is 1. The molecule has 0 saturated carbocycles. The summed E-state index contributed by atoms with van der Waals surface area (Å²) >= 11 is 0. The van der Waals surface area contributed by atoms with E-state index in [-0.39, 0.29) is 0 Å². The highest BCUT2D eigenvalue weighted by molar-refractivity contribution is 5.91. The van der Waals surface area contributed by atoms with Crippen LogP contribution in [0.15, 0.2) is 30.5 Å². The van der Waals surface area contributed by atoms with Crippen LogP contribution < -0.4 is 10.6 Å². The maximum Gasteiger partial charge on any atom is 0.153 e. The Kier molecular flexibility index (Phi) is 4.39. The van der Waals surface area contributed by atoms with Gasteiger partial charge in [-0.3, -0.25) is 10.1 Å². The second-order valence-electron chi connectivity index (χ2n) is 8.20. The first-order chi connectivity index (χ1) is 13.7. The van der Waals surface area contributed by atoms with Gasteiger partial charge in [0.15, 0.2) is 5.82 Å². The largest absolute Gasteiger partial charge is 0.367 e. The average Bonchev–Trinajstić information content (AvgIpc) is 3.07. The van der Waals surface area contributed by atoms with E-state index in [1.54, 1.807) is 0 Å². The van der Waals surface area contributed by atoms with Crippen molar-refractivity contribution in [1.82, 2.24) is 25.1 Å². The van der Waals surface area contributed by atoms with Gasteiger partial charge in [-0.2, -0.15) is 5.10 Å². The third-order valence-electron chi connectivity index (χ3n) is 6.24. The topological polar surface area (TPSA) is 81.8 Å². The summed E-state index contributed by atoms with van der Waals surface area (Å²) in [5, 5.41) is 15.3. The summed E-state index contributed by atoms with van der Waals surface area (Å²) in [6, 6.07) is 9.83. The molecule has 28 heavy (non-hydrogen) atoms. The average molecular weight is 377 g/mol. The van der Waals surface area contributed by atoms with Crippen molar-refractivity contribution in [2.45, 2.75) is 57.2 Å². The number of aromatic nitrogens is 4. The van der Waals surface area contributed by atoms with Gasteiger partial charge in [0.1, 0.15) is 11.6 Å². The predicted octanol–water partition coefficient (Wildman–Crippen LogP) is 3.83. The monoisotopic (exact) mass is 377 g/mol. The van der Waals surface area contributed by atoms with Crippen LogP contribution in [-0.4, -0.2) is 50.2 Å². The fourth-order valence-corrected chi connectivity index (χ4v) is 4.79. The summed E-state index contributed by atoms with van der Waals surface area (Å²) < 4.78 is 0. The van der Waals surface area contributed by atoms with E-state index in [2.05, 4.69) is 43.8 Å². The van der Waals surface area contributed by atoms with Crippen molar-refractivity contribution in [1.29, 1.82) is 0 Å². The van der Waals surface area contributed by atoms with E-state index in [4.69, 9.17) is 4.98 Å². The third-order valence-corrected chi connectivity index (χ3v) is 6.24. The molecule has 0 spiro atoms. The maximum absolute atomic E-state index is 4.88. The number of pyridine rings is 2. The minimum atomic E-state index is 0.449. The van der Waals surface area contributed by atoms with E-state index >= 15 is 0 Å². The molecule has 3 N–H and O–H groups in total. The van der Waals surface area contributed by atoms with E-state index < -0.39 is 0 Å². The maximum atomic E-state index is 4.88. The van der Waals surface area contributed by atoms with Crippen LogP contribution in [0.5, 0.6) is 0 Å². The molecule has 2 aliphatic heterocycles. The Hall–Kier alpha value is -2.67. The molecule has 0 unspecified atom stereocenters. The lowest BCUT2D eigenvalue weighted by Gasteiger charge is -2.47. The van der Waals surface area contributed by atoms with Crippen molar-refractivity contribution in [2.75, 3.05) is 17.7 Å². The molecule has 7 heteroatoms. The minimum absolute atomic E-state index is 0.449. The van der Waals surface area contributed by atoms with Crippen LogP contribution in [-0.2, 0) is 0 Å². The summed E-state index contributed by atoms with van der Waals surface area (Å²) in [5.74, 6) is 2.43. The zero-order valence-corrected chi connectivity index (χ0v) is 16.4. The van der Waals surface area contributed by atoms with E-state index in [0.29, 0.717) is 18.1 Å². The lowest BCUT2D eigenvalue weighted by atomic mass is 9.82. The van der Waals surface area contributed by atoms with Gasteiger partial charge < -0.3 is 15.5 Å². The third kappa shape index (κ3) is 3.30. The molecule has 0 aromatic carbocycles. The number of nitrogens with one attached hydrogen (secondary N) is 3. The number of rotatable bonds is 4. The molecular weight excluding hydrogens is 350 g/mol. The van der Waals surface area contributed by atoms with Crippen molar-refractivity contribution >= 4 is 28.4 Å². The number of nitrogens with zero attached hydrogens (tertiary/aromatic N) is 4. The van der Waals surface area contributed by atoms with Crippen molar-refractivity contribution < 1.29 is 0 Å². The number of aromatic amines is 1. The molecule has 2 fully saturated rings. The summed E-state index contributed by atoms with van der Waals surface area (Å²) in [6.45, 7) is 1.98. The smallest absolute Gasteiger partial charge is 0.153 e. The number of fused-ring (bicyclic) bond motifs is 3. The molecule has 146 valence electrons. The quantitative estimate of drug-likeness (QED) is 0.641. The summed E-state index contributed by atoms with van der Waals surface area (Å²) in [4.78, 5) is 12.0. The highest BCUT2D eigenvalue weighted by atomic mass is 15.2. The van der Waals surface area contributed by atoms with Crippen LogP contribution in [0, 0.1) is 6.92 Å². The van der Waals surface area contributed by atoms with Gasteiger partial charge in [-0.05, 0) is 51.8 Å². The van der Waals surface area contributed by atoms with Crippen LogP contribution in [0.4, 0.5) is 17.5 Å². The lowest BCUT2D eigenvalue weighted by Crippen LogP contribution is -2.52.